The molecule has 1 fully saturated rings. The van der Waals surface area contributed by atoms with Crippen LogP contribution in [0.1, 0.15) is 31.4 Å². The molecule has 1 saturated heterocycles. The van der Waals surface area contributed by atoms with Gasteiger partial charge in [0.25, 0.3) is 11.1 Å². The number of hydrogen-bond donors (Lipinski definition) is 0. The predicted molar refractivity (Wildman–Crippen MR) is 123 cm³/mol. The molecule has 168 valence electrons. The van der Waals surface area contributed by atoms with Crippen molar-refractivity contribution in [1.29, 1.82) is 0 Å². The molecular weight excluding hydrogens is 501 g/mol. The van der Waals surface area contributed by atoms with Crippen molar-refractivity contribution < 1.29 is 28.2 Å². The molecule has 0 radical (unpaired) electrons. The van der Waals surface area contributed by atoms with E-state index < -0.39 is 23.7 Å². The third kappa shape index (κ3) is 6.20. The highest BCUT2D eigenvalue weighted by atomic mass is 79.9. The van der Waals surface area contributed by atoms with Crippen molar-refractivity contribution >= 4 is 50.9 Å². The summed E-state index contributed by atoms with van der Waals surface area (Å²) in [4.78, 5) is 37.9. The van der Waals surface area contributed by atoms with Crippen molar-refractivity contribution in [3.8, 4) is 5.75 Å². The van der Waals surface area contributed by atoms with Gasteiger partial charge in [0.1, 0.15) is 24.7 Å². The van der Waals surface area contributed by atoms with E-state index in [2.05, 4.69) is 15.9 Å². The summed E-state index contributed by atoms with van der Waals surface area (Å²) in [5.41, 5.74) is 1.50. The Labute approximate surface area is 197 Å². The fraction of sp³-hybridized carbons (Fsp3) is 0.261. The number of rotatable bonds is 8. The van der Waals surface area contributed by atoms with E-state index in [0.717, 1.165) is 22.2 Å². The van der Waals surface area contributed by atoms with Crippen LogP contribution in [0.4, 0.5) is 9.18 Å². The van der Waals surface area contributed by atoms with Crippen LogP contribution in [0.2, 0.25) is 0 Å². The number of halogens is 2. The minimum absolute atomic E-state index is 0.221. The van der Waals surface area contributed by atoms with Crippen LogP contribution in [-0.2, 0) is 20.9 Å². The van der Waals surface area contributed by atoms with Crippen molar-refractivity contribution in [3.05, 3.63) is 68.8 Å². The number of thioether (sulfide) groups is 1. The van der Waals surface area contributed by atoms with Crippen molar-refractivity contribution in [2.75, 3.05) is 6.54 Å². The van der Waals surface area contributed by atoms with E-state index in [1.54, 1.807) is 43.3 Å². The molecule has 2 aromatic rings. The van der Waals surface area contributed by atoms with Gasteiger partial charge < -0.3 is 9.47 Å². The van der Waals surface area contributed by atoms with Gasteiger partial charge in [-0.25, -0.2) is 4.39 Å². The summed E-state index contributed by atoms with van der Waals surface area (Å²) < 4.78 is 24.6. The lowest BCUT2D eigenvalue weighted by atomic mass is 10.2. The average molecular weight is 522 g/mol. The molecule has 1 aliphatic heterocycles. The zero-order valence-electron chi connectivity index (χ0n) is 17.5. The zero-order valence-corrected chi connectivity index (χ0v) is 19.9. The van der Waals surface area contributed by atoms with Gasteiger partial charge in [0.2, 0.25) is 0 Å². The van der Waals surface area contributed by atoms with Crippen LogP contribution in [0.5, 0.6) is 5.75 Å². The molecule has 0 unspecified atom stereocenters. The molecule has 1 aliphatic rings. The number of benzene rings is 2. The van der Waals surface area contributed by atoms with Crippen LogP contribution in [0.15, 0.2) is 51.8 Å². The Balaban J connectivity index is 1.65. The largest absolute Gasteiger partial charge is 0.488 e. The summed E-state index contributed by atoms with van der Waals surface area (Å²) in [6.45, 7) is 3.48. The molecule has 2 aromatic carbocycles. The van der Waals surface area contributed by atoms with Gasteiger partial charge in [-0.1, -0.05) is 25.1 Å². The third-order valence-corrected chi connectivity index (χ3v) is 6.16. The van der Waals surface area contributed by atoms with Crippen molar-refractivity contribution in [2.45, 2.75) is 33.0 Å². The molecule has 0 aromatic heterocycles. The minimum Gasteiger partial charge on any atom is -0.488 e. The standard InChI is InChI=1S/C23H21BrFNO5S/c1-3-14(2)31-21(27)12-26-22(28)20(32-23(26)29)11-16-6-9-19(18(24)10-16)30-13-15-4-7-17(25)8-5-15/h4-11,14H,3,12-13H2,1-2H3/b20-11-/t14-/m0/s1. The summed E-state index contributed by atoms with van der Waals surface area (Å²) >= 11 is 4.21. The number of nitrogens with zero attached hydrogens (tertiary/aromatic N) is 1. The summed E-state index contributed by atoms with van der Waals surface area (Å²) in [5.74, 6) is -0.884. The van der Waals surface area contributed by atoms with E-state index in [1.165, 1.54) is 12.1 Å². The molecule has 6 nitrogen and oxygen atoms in total. The molecule has 2 amide bonds. The normalized spacial score (nSPS) is 15.9. The second-order valence-corrected chi connectivity index (χ2v) is 8.93. The van der Waals surface area contributed by atoms with Gasteiger partial charge in [-0.2, -0.15) is 0 Å². The molecule has 0 saturated carbocycles. The van der Waals surface area contributed by atoms with Crippen LogP contribution in [0, 0.1) is 5.82 Å². The fourth-order valence-corrected chi connectivity index (χ4v) is 4.08. The lowest BCUT2D eigenvalue weighted by Crippen LogP contribution is -2.35. The van der Waals surface area contributed by atoms with Gasteiger partial charge in [0.15, 0.2) is 0 Å². The first-order chi connectivity index (χ1) is 15.3. The molecule has 32 heavy (non-hydrogen) atoms. The van der Waals surface area contributed by atoms with Crippen molar-refractivity contribution in [1.82, 2.24) is 4.90 Å². The first-order valence-electron chi connectivity index (χ1n) is 9.88. The van der Waals surface area contributed by atoms with E-state index in [4.69, 9.17) is 9.47 Å². The lowest BCUT2D eigenvalue weighted by molar-refractivity contribution is -0.150. The van der Waals surface area contributed by atoms with Gasteiger partial charge in [-0.3, -0.25) is 19.3 Å². The number of amides is 2. The quantitative estimate of drug-likeness (QED) is 0.335. The summed E-state index contributed by atoms with van der Waals surface area (Å²) in [7, 11) is 0. The van der Waals surface area contributed by atoms with E-state index >= 15 is 0 Å². The Bertz CT molecular complexity index is 1060. The second-order valence-electron chi connectivity index (χ2n) is 7.08. The third-order valence-electron chi connectivity index (χ3n) is 4.63. The molecule has 1 atom stereocenters. The smallest absolute Gasteiger partial charge is 0.326 e. The minimum atomic E-state index is -0.617. The van der Waals surface area contributed by atoms with Gasteiger partial charge in [-0.15, -0.1) is 0 Å². The Morgan fingerprint density at radius 1 is 1.22 bits per heavy atom. The highest BCUT2D eigenvalue weighted by Gasteiger charge is 2.36. The fourth-order valence-electron chi connectivity index (χ4n) is 2.73. The first kappa shape index (κ1) is 24.0. The molecule has 3 rings (SSSR count). The summed E-state index contributed by atoms with van der Waals surface area (Å²) in [5, 5.41) is -0.513. The Morgan fingerprint density at radius 3 is 2.59 bits per heavy atom. The Hall–Kier alpha value is -2.65. The lowest BCUT2D eigenvalue weighted by Gasteiger charge is -2.14. The second kappa shape index (κ2) is 10.8. The average Bonchev–Trinajstić information content (AvgIpc) is 3.01. The molecular formula is C23H21BrFNO5S. The Kier molecular flexibility index (Phi) is 8.09. The maximum absolute atomic E-state index is 13.0. The van der Waals surface area contributed by atoms with Crippen LogP contribution in [-0.4, -0.2) is 34.7 Å². The summed E-state index contributed by atoms with van der Waals surface area (Å²) in [6.07, 6.45) is 1.95. The maximum Gasteiger partial charge on any atom is 0.326 e. The zero-order chi connectivity index (χ0) is 23.3. The SMILES string of the molecule is CC[C@H](C)OC(=O)CN1C(=O)S/C(=C\c2ccc(OCc3ccc(F)cc3)c(Br)c2)C1=O. The number of esters is 1. The molecule has 0 bridgehead atoms. The highest BCUT2D eigenvalue weighted by Crippen LogP contribution is 2.34. The van der Waals surface area contributed by atoms with Crippen LogP contribution in [0.3, 0.4) is 0 Å². The molecule has 0 spiro atoms. The monoisotopic (exact) mass is 521 g/mol. The Morgan fingerprint density at radius 2 is 1.94 bits per heavy atom. The maximum atomic E-state index is 13.0. The van der Waals surface area contributed by atoms with E-state index in [9.17, 15) is 18.8 Å². The first-order valence-corrected chi connectivity index (χ1v) is 11.5. The number of ether oxygens (including phenoxy) is 2. The van der Waals surface area contributed by atoms with Gasteiger partial charge in [0, 0.05) is 0 Å². The van der Waals surface area contributed by atoms with Crippen LogP contribution >= 0.6 is 27.7 Å². The van der Waals surface area contributed by atoms with Gasteiger partial charge in [-0.05, 0) is 82.5 Å². The molecule has 0 aliphatic carbocycles. The number of imide groups is 1. The van der Waals surface area contributed by atoms with Crippen molar-refractivity contribution in [3.63, 3.8) is 0 Å². The number of carbonyl (C=O) groups excluding carboxylic acids is 3. The number of hydrogen-bond acceptors (Lipinski definition) is 6. The van der Waals surface area contributed by atoms with Crippen LogP contribution in [0.25, 0.3) is 6.08 Å². The van der Waals surface area contributed by atoms with E-state index in [-0.39, 0.29) is 23.4 Å². The highest BCUT2D eigenvalue weighted by molar-refractivity contribution is 9.10. The predicted octanol–water partition coefficient (Wildman–Crippen LogP) is 5.55. The van der Waals surface area contributed by atoms with Gasteiger partial charge in [0.05, 0.1) is 15.5 Å². The topological polar surface area (TPSA) is 72.9 Å². The van der Waals surface area contributed by atoms with E-state index in [0.29, 0.717) is 22.2 Å². The summed E-state index contributed by atoms with van der Waals surface area (Å²) in [6, 6.07) is 11.3. The molecule has 1 heterocycles. The van der Waals surface area contributed by atoms with Crippen molar-refractivity contribution in [2.24, 2.45) is 0 Å². The van der Waals surface area contributed by atoms with Crippen LogP contribution < -0.4 is 4.74 Å². The molecule has 9 heteroatoms. The molecule has 0 N–H and O–H groups in total. The van der Waals surface area contributed by atoms with E-state index in [1.807, 2.05) is 6.92 Å². The van der Waals surface area contributed by atoms with Gasteiger partial charge >= 0.3 is 5.97 Å². The number of carbonyl (C=O) groups is 3.